The van der Waals surface area contributed by atoms with Crippen molar-refractivity contribution in [3.8, 4) is 0 Å². The van der Waals surface area contributed by atoms with Crippen LogP contribution in [0.5, 0.6) is 0 Å². The summed E-state index contributed by atoms with van der Waals surface area (Å²) in [6.07, 6.45) is 3.70. The van der Waals surface area contributed by atoms with Crippen LogP contribution < -0.4 is 5.32 Å². The molecule has 0 spiro atoms. The van der Waals surface area contributed by atoms with Gasteiger partial charge < -0.3 is 15.0 Å². The average Bonchev–Trinajstić information content (AvgIpc) is 2.75. The fourth-order valence-corrected chi connectivity index (χ4v) is 2.38. The van der Waals surface area contributed by atoms with Crippen LogP contribution in [0.15, 0.2) is 0 Å². The average molecular weight is 270 g/mol. The Balaban J connectivity index is 2.69. The maximum atomic E-state index is 12.2. The number of nitrogens with zero attached hydrogens (tertiary/aromatic N) is 1. The lowest BCUT2D eigenvalue weighted by molar-refractivity contribution is -0.132. The first-order valence-electron chi connectivity index (χ1n) is 6.91. The standard InChI is InChI=1S/C14H26N2O3/c1-14(2,3)19-13(18)15-11(12(17)16(4)5)10-8-6-7-9-10/h10-11H,6-9H2,1-5H3,(H,15,18). The molecule has 5 nitrogen and oxygen atoms in total. The number of likely N-dealkylation sites (N-methyl/N-ethyl adjacent to an activating group) is 1. The zero-order valence-electron chi connectivity index (χ0n) is 12.7. The van der Waals surface area contributed by atoms with Crippen LogP contribution in [0.3, 0.4) is 0 Å². The molecule has 110 valence electrons. The fraction of sp³-hybridized carbons (Fsp3) is 0.857. The maximum absolute atomic E-state index is 12.2. The van der Waals surface area contributed by atoms with Crippen molar-refractivity contribution < 1.29 is 14.3 Å². The summed E-state index contributed by atoms with van der Waals surface area (Å²) < 4.78 is 5.24. The molecular weight excluding hydrogens is 244 g/mol. The second kappa shape index (κ2) is 6.26. The van der Waals surface area contributed by atoms with Gasteiger partial charge in [0.25, 0.3) is 0 Å². The predicted molar refractivity (Wildman–Crippen MR) is 73.8 cm³/mol. The van der Waals surface area contributed by atoms with Crippen LogP contribution in [0.2, 0.25) is 0 Å². The molecule has 0 aromatic carbocycles. The van der Waals surface area contributed by atoms with Crippen LogP contribution >= 0.6 is 0 Å². The van der Waals surface area contributed by atoms with Crippen molar-refractivity contribution >= 4 is 12.0 Å². The highest BCUT2D eigenvalue weighted by Crippen LogP contribution is 2.28. The van der Waals surface area contributed by atoms with E-state index in [0.717, 1.165) is 25.7 Å². The Kier molecular flexibility index (Phi) is 5.20. The van der Waals surface area contributed by atoms with Gasteiger partial charge in [-0.15, -0.1) is 0 Å². The smallest absolute Gasteiger partial charge is 0.408 e. The zero-order chi connectivity index (χ0) is 14.6. The van der Waals surface area contributed by atoms with Gasteiger partial charge in [-0.3, -0.25) is 4.79 Å². The minimum Gasteiger partial charge on any atom is -0.444 e. The lowest BCUT2D eigenvalue weighted by Gasteiger charge is -2.28. The van der Waals surface area contributed by atoms with Crippen LogP contribution in [0.1, 0.15) is 46.5 Å². The molecule has 1 unspecified atom stereocenters. The first-order chi connectivity index (χ1) is 8.70. The third-order valence-electron chi connectivity index (χ3n) is 3.25. The van der Waals surface area contributed by atoms with Crippen molar-refractivity contribution in [2.75, 3.05) is 14.1 Å². The van der Waals surface area contributed by atoms with E-state index < -0.39 is 17.7 Å². The van der Waals surface area contributed by atoms with E-state index in [-0.39, 0.29) is 11.8 Å². The number of alkyl carbamates (subject to hydrolysis) is 1. The zero-order valence-corrected chi connectivity index (χ0v) is 12.7. The summed E-state index contributed by atoms with van der Waals surface area (Å²) in [6.45, 7) is 5.43. The molecule has 0 aliphatic heterocycles. The van der Waals surface area contributed by atoms with Gasteiger partial charge in [-0.2, -0.15) is 0 Å². The molecule has 1 fully saturated rings. The number of carbonyl (C=O) groups is 2. The summed E-state index contributed by atoms with van der Waals surface area (Å²) in [7, 11) is 3.42. The molecule has 0 radical (unpaired) electrons. The molecule has 0 aromatic heterocycles. The molecule has 1 atom stereocenters. The van der Waals surface area contributed by atoms with Crippen molar-refractivity contribution in [3.05, 3.63) is 0 Å². The quantitative estimate of drug-likeness (QED) is 0.855. The number of amides is 2. The summed E-state index contributed by atoms with van der Waals surface area (Å²) in [5, 5.41) is 2.74. The minimum absolute atomic E-state index is 0.0576. The van der Waals surface area contributed by atoms with E-state index in [1.807, 2.05) is 20.8 Å². The van der Waals surface area contributed by atoms with Gasteiger partial charge in [0.1, 0.15) is 11.6 Å². The molecule has 1 saturated carbocycles. The summed E-state index contributed by atoms with van der Waals surface area (Å²) in [5.74, 6) is 0.167. The highest BCUT2D eigenvalue weighted by atomic mass is 16.6. The molecular formula is C14H26N2O3. The first kappa shape index (κ1) is 15.8. The van der Waals surface area contributed by atoms with Crippen LogP contribution in [0.4, 0.5) is 4.79 Å². The second-order valence-corrected chi connectivity index (χ2v) is 6.40. The number of ether oxygens (including phenoxy) is 1. The Morgan fingerprint density at radius 1 is 1.21 bits per heavy atom. The number of hydrogen-bond donors (Lipinski definition) is 1. The molecule has 1 N–H and O–H groups in total. The van der Waals surface area contributed by atoms with Gasteiger partial charge in [-0.05, 0) is 39.5 Å². The summed E-state index contributed by atoms with van der Waals surface area (Å²) in [6, 6.07) is -0.465. The second-order valence-electron chi connectivity index (χ2n) is 6.40. The van der Waals surface area contributed by atoms with E-state index in [4.69, 9.17) is 4.74 Å². The lowest BCUT2D eigenvalue weighted by Crippen LogP contribution is -2.51. The van der Waals surface area contributed by atoms with E-state index in [1.54, 1.807) is 14.1 Å². The largest absolute Gasteiger partial charge is 0.444 e. The molecule has 0 bridgehead atoms. The van der Waals surface area contributed by atoms with Crippen molar-refractivity contribution in [1.82, 2.24) is 10.2 Å². The molecule has 2 amide bonds. The van der Waals surface area contributed by atoms with E-state index in [0.29, 0.717) is 0 Å². The van der Waals surface area contributed by atoms with Gasteiger partial charge in [0, 0.05) is 14.1 Å². The van der Waals surface area contributed by atoms with Crippen LogP contribution in [-0.4, -0.2) is 42.6 Å². The maximum Gasteiger partial charge on any atom is 0.408 e. The van der Waals surface area contributed by atoms with Gasteiger partial charge in [0.15, 0.2) is 0 Å². The molecule has 1 rings (SSSR count). The van der Waals surface area contributed by atoms with Crippen LogP contribution in [-0.2, 0) is 9.53 Å². The molecule has 19 heavy (non-hydrogen) atoms. The lowest BCUT2D eigenvalue weighted by atomic mass is 9.97. The molecule has 1 aliphatic carbocycles. The normalized spacial score (nSPS) is 17.9. The molecule has 5 heteroatoms. The van der Waals surface area contributed by atoms with Crippen LogP contribution in [0.25, 0.3) is 0 Å². The number of carbonyl (C=O) groups excluding carboxylic acids is 2. The van der Waals surface area contributed by atoms with Gasteiger partial charge in [0.2, 0.25) is 5.91 Å². The van der Waals surface area contributed by atoms with Crippen molar-refractivity contribution in [3.63, 3.8) is 0 Å². The first-order valence-corrected chi connectivity index (χ1v) is 6.91. The summed E-state index contributed by atoms with van der Waals surface area (Å²) >= 11 is 0. The van der Waals surface area contributed by atoms with E-state index in [2.05, 4.69) is 5.32 Å². The Morgan fingerprint density at radius 2 is 1.74 bits per heavy atom. The Morgan fingerprint density at radius 3 is 2.16 bits per heavy atom. The van der Waals surface area contributed by atoms with Crippen LogP contribution in [0, 0.1) is 5.92 Å². The third-order valence-corrected chi connectivity index (χ3v) is 3.25. The summed E-state index contributed by atoms with van der Waals surface area (Å²) in [4.78, 5) is 25.6. The topological polar surface area (TPSA) is 58.6 Å². The molecule has 0 aromatic rings. The molecule has 1 aliphatic rings. The Bertz CT molecular complexity index is 328. The van der Waals surface area contributed by atoms with Gasteiger partial charge in [-0.25, -0.2) is 4.79 Å². The van der Waals surface area contributed by atoms with Crippen molar-refractivity contribution in [2.24, 2.45) is 5.92 Å². The van der Waals surface area contributed by atoms with E-state index >= 15 is 0 Å². The highest BCUT2D eigenvalue weighted by molar-refractivity contribution is 5.85. The fourth-order valence-electron chi connectivity index (χ4n) is 2.38. The number of hydrogen-bond acceptors (Lipinski definition) is 3. The van der Waals surface area contributed by atoms with Crippen molar-refractivity contribution in [2.45, 2.75) is 58.1 Å². The van der Waals surface area contributed by atoms with E-state index in [1.165, 1.54) is 4.90 Å². The van der Waals surface area contributed by atoms with Gasteiger partial charge >= 0.3 is 6.09 Å². The number of nitrogens with one attached hydrogen (secondary N) is 1. The van der Waals surface area contributed by atoms with Gasteiger partial charge in [0.05, 0.1) is 0 Å². The Labute approximate surface area is 115 Å². The summed E-state index contributed by atoms with van der Waals surface area (Å²) in [5.41, 5.74) is -0.550. The number of rotatable bonds is 3. The Hall–Kier alpha value is -1.26. The molecule has 0 saturated heterocycles. The van der Waals surface area contributed by atoms with Gasteiger partial charge in [-0.1, -0.05) is 12.8 Å². The predicted octanol–water partition coefficient (Wildman–Crippen LogP) is 2.16. The molecule has 0 heterocycles. The monoisotopic (exact) mass is 270 g/mol. The highest BCUT2D eigenvalue weighted by Gasteiger charge is 2.34. The minimum atomic E-state index is -0.550. The van der Waals surface area contributed by atoms with Crippen molar-refractivity contribution in [1.29, 1.82) is 0 Å². The third kappa shape index (κ3) is 5.09. The SMILES string of the molecule is CN(C)C(=O)C(NC(=O)OC(C)(C)C)C1CCCC1. The van der Waals surface area contributed by atoms with E-state index in [9.17, 15) is 9.59 Å².